The lowest BCUT2D eigenvalue weighted by atomic mass is 9.63. The highest BCUT2D eigenvalue weighted by atomic mass is 14.8. The van der Waals surface area contributed by atoms with Crippen molar-refractivity contribution >= 4 is 0 Å². The molecule has 0 heterocycles. The topological polar surface area (TPSA) is 26.0 Å². The summed E-state index contributed by atoms with van der Waals surface area (Å²) in [5.74, 6) is 0.749. The van der Waals surface area contributed by atoms with Crippen LogP contribution in [0.25, 0.3) is 0 Å². The van der Waals surface area contributed by atoms with Gasteiger partial charge in [-0.25, -0.2) is 0 Å². The van der Waals surface area contributed by atoms with Crippen molar-refractivity contribution in [2.75, 3.05) is 0 Å². The van der Waals surface area contributed by atoms with Crippen LogP contribution in [0.3, 0.4) is 0 Å². The Bertz CT molecular complexity index is 367. The normalized spacial score (nSPS) is 30.7. The van der Waals surface area contributed by atoms with Crippen LogP contribution < -0.4 is 5.73 Å². The maximum absolute atomic E-state index is 6.68. The first kappa shape index (κ1) is 9.41. The molecule has 1 fully saturated rings. The van der Waals surface area contributed by atoms with Gasteiger partial charge < -0.3 is 5.73 Å². The van der Waals surface area contributed by atoms with Gasteiger partial charge in [0.25, 0.3) is 0 Å². The van der Waals surface area contributed by atoms with Crippen molar-refractivity contribution in [3.8, 4) is 0 Å². The van der Waals surface area contributed by atoms with Crippen LogP contribution in [0.1, 0.15) is 43.2 Å². The fourth-order valence-corrected chi connectivity index (χ4v) is 3.25. The molecule has 15 heavy (non-hydrogen) atoms. The molecule has 1 heteroatoms. The smallest absolute Gasteiger partial charge is 0.0441 e. The van der Waals surface area contributed by atoms with E-state index in [-0.39, 0.29) is 5.54 Å². The Kier molecular flexibility index (Phi) is 2.10. The molecule has 0 spiro atoms. The monoisotopic (exact) mass is 201 g/mol. The van der Waals surface area contributed by atoms with E-state index in [1.165, 1.54) is 49.7 Å². The van der Waals surface area contributed by atoms with Crippen LogP contribution in [-0.4, -0.2) is 0 Å². The van der Waals surface area contributed by atoms with Gasteiger partial charge in [0, 0.05) is 5.54 Å². The number of rotatable bonds is 1. The first-order valence-electron chi connectivity index (χ1n) is 6.18. The molecule has 1 aromatic carbocycles. The number of hydrogen-bond acceptors (Lipinski definition) is 1. The number of aryl methyl sites for hydroxylation is 1. The molecule has 1 unspecified atom stereocenters. The minimum Gasteiger partial charge on any atom is -0.321 e. The molecule has 1 saturated carbocycles. The molecule has 3 rings (SSSR count). The molecule has 0 aliphatic heterocycles. The van der Waals surface area contributed by atoms with E-state index in [4.69, 9.17) is 5.73 Å². The van der Waals surface area contributed by atoms with Gasteiger partial charge >= 0.3 is 0 Å². The zero-order valence-electron chi connectivity index (χ0n) is 9.21. The molecule has 1 atom stereocenters. The van der Waals surface area contributed by atoms with Gasteiger partial charge in [-0.15, -0.1) is 0 Å². The zero-order chi connectivity index (χ0) is 10.3. The molecule has 0 amide bonds. The van der Waals surface area contributed by atoms with Gasteiger partial charge in [-0.2, -0.15) is 0 Å². The van der Waals surface area contributed by atoms with Gasteiger partial charge in [0.05, 0.1) is 0 Å². The Morgan fingerprint density at radius 1 is 1.13 bits per heavy atom. The van der Waals surface area contributed by atoms with Gasteiger partial charge in [0.2, 0.25) is 0 Å². The van der Waals surface area contributed by atoms with Gasteiger partial charge in [-0.3, -0.25) is 0 Å². The molecule has 0 bridgehead atoms. The van der Waals surface area contributed by atoms with E-state index in [1.54, 1.807) is 0 Å². The van der Waals surface area contributed by atoms with Crippen molar-refractivity contribution in [2.45, 2.75) is 44.1 Å². The fraction of sp³-hybridized carbons (Fsp3) is 0.571. The Hall–Kier alpha value is -0.820. The molecule has 2 N–H and O–H groups in total. The second-order valence-electron chi connectivity index (χ2n) is 5.18. The predicted octanol–water partition coefficient (Wildman–Crippen LogP) is 2.98. The molecular formula is C14H19N. The third-order valence-corrected chi connectivity index (χ3v) is 4.39. The van der Waals surface area contributed by atoms with Crippen LogP contribution >= 0.6 is 0 Å². The minimum atomic E-state index is 0.00704. The Labute approximate surface area is 91.7 Å². The van der Waals surface area contributed by atoms with Crippen LogP contribution in [0.5, 0.6) is 0 Å². The van der Waals surface area contributed by atoms with E-state index in [2.05, 4.69) is 24.3 Å². The van der Waals surface area contributed by atoms with Crippen LogP contribution in [0.15, 0.2) is 24.3 Å². The van der Waals surface area contributed by atoms with Gasteiger partial charge in [0.1, 0.15) is 0 Å². The summed E-state index contributed by atoms with van der Waals surface area (Å²) in [6.45, 7) is 0. The highest BCUT2D eigenvalue weighted by Gasteiger charge is 2.42. The summed E-state index contributed by atoms with van der Waals surface area (Å²) >= 11 is 0. The zero-order valence-corrected chi connectivity index (χ0v) is 9.21. The lowest BCUT2D eigenvalue weighted by Crippen LogP contribution is -2.49. The molecule has 0 aromatic heterocycles. The summed E-state index contributed by atoms with van der Waals surface area (Å²) < 4.78 is 0. The van der Waals surface area contributed by atoms with Gasteiger partial charge in [0.15, 0.2) is 0 Å². The quantitative estimate of drug-likeness (QED) is 0.742. The van der Waals surface area contributed by atoms with Gasteiger partial charge in [-0.1, -0.05) is 30.7 Å². The molecule has 2 aliphatic carbocycles. The van der Waals surface area contributed by atoms with E-state index in [1.807, 2.05) is 0 Å². The molecule has 0 radical (unpaired) electrons. The van der Waals surface area contributed by atoms with E-state index in [0.29, 0.717) is 0 Å². The maximum Gasteiger partial charge on any atom is 0.0441 e. The Balaban J connectivity index is 2.04. The lowest BCUT2D eigenvalue weighted by molar-refractivity contribution is 0.146. The van der Waals surface area contributed by atoms with Crippen LogP contribution in [0.4, 0.5) is 0 Å². The molecule has 2 aliphatic rings. The predicted molar refractivity (Wildman–Crippen MR) is 62.6 cm³/mol. The summed E-state index contributed by atoms with van der Waals surface area (Å²) in [6, 6.07) is 8.80. The average molecular weight is 201 g/mol. The standard InChI is InChI=1S/C14H19N/c15-14(12-7-3-8-12)10-4-6-11-5-1-2-9-13(11)14/h1-2,5,9,12H,3-4,6-8,10,15H2. The highest BCUT2D eigenvalue weighted by Crippen LogP contribution is 2.46. The second kappa shape index (κ2) is 3.34. The van der Waals surface area contributed by atoms with E-state index in [9.17, 15) is 0 Å². The first-order valence-corrected chi connectivity index (χ1v) is 6.18. The van der Waals surface area contributed by atoms with Crippen molar-refractivity contribution in [2.24, 2.45) is 11.7 Å². The lowest BCUT2D eigenvalue weighted by Gasteiger charge is -2.46. The van der Waals surface area contributed by atoms with Crippen molar-refractivity contribution in [1.82, 2.24) is 0 Å². The molecular weight excluding hydrogens is 182 g/mol. The first-order chi connectivity index (χ1) is 7.31. The summed E-state index contributed by atoms with van der Waals surface area (Å²) in [6.07, 6.45) is 7.74. The molecule has 0 saturated heterocycles. The van der Waals surface area contributed by atoms with Crippen molar-refractivity contribution < 1.29 is 0 Å². The highest BCUT2D eigenvalue weighted by molar-refractivity contribution is 5.36. The SMILES string of the molecule is NC1(C2CCC2)CCCc2ccccc21. The third-order valence-electron chi connectivity index (χ3n) is 4.39. The van der Waals surface area contributed by atoms with Crippen molar-refractivity contribution in [3.05, 3.63) is 35.4 Å². The van der Waals surface area contributed by atoms with Gasteiger partial charge in [-0.05, 0) is 49.1 Å². The molecule has 80 valence electrons. The van der Waals surface area contributed by atoms with E-state index >= 15 is 0 Å². The number of fused-ring (bicyclic) bond motifs is 1. The number of nitrogens with two attached hydrogens (primary N) is 1. The number of hydrogen-bond donors (Lipinski definition) is 1. The van der Waals surface area contributed by atoms with Crippen LogP contribution in [-0.2, 0) is 12.0 Å². The number of benzene rings is 1. The molecule has 1 nitrogen and oxygen atoms in total. The second-order valence-corrected chi connectivity index (χ2v) is 5.18. The van der Waals surface area contributed by atoms with Crippen LogP contribution in [0.2, 0.25) is 0 Å². The third kappa shape index (κ3) is 1.33. The fourth-order valence-electron chi connectivity index (χ4n) is 3.25. The summed E-state index contributed by atoms with van der Waals surface area (Å²) in [7, 11) is 0. The maximum atomic E-state index is 6.68. The largest absolute Gasteiger partial charge is 0.321 e. The van der Waals surface area contributed by atoms with Crippen molar-refractivity contribution in [3.63, 3.8) is 0 Å². The Morgan fingerprint density at radius 2 is 1.93 bits per heavy atom. The summed E-state index contributed by atoms with van der Waals surface area (Å²) in [5.41, 5.74) is 9.63. The average Bonchev–Trinajstić information content (AvgIpc) is 2.15. The minimum absolute atomic E-state index is 0.00704. The van der Waals surface area contributed by atoms with E-state index < -0.39 is 0 Å². The Morgan fingerprint density at radius 3 is 2.67 bits per heavy atom. The van der Waals surface area contributed by atoms with Crippen LogP contribution in [0, 0.1) is 5.92 Å². The van der Waals surface area contributed by atoms with E-state index in [0.717, 1.165) is 5.92 Å². The molecule has 1 aromatic rings. The summed E-state index contributed by atoms with van der Waals surface area (Å²) in [5, 5.41) is 0. The van der Waals surface area contributed by atoms with Crippen molar-refractivity contribution in [1.29, 1.82) is 0 Å². The summed E-state index contributed by atoms with van der Waals surface area (Å²) in [4.78, 5) is 0.